The third kappa shape index (κ3) is 4.10. The van der Waals surface area contributed by atoms with Gasteiger partial charge in [0.2, 0.25) is 11.8 Å². The van der Waals surface area contributed by atoms with Gasteiger partial charge in [0.15, 0.2) is 5.69 Å². The number of carbonyl (C=O) groups is 3. The Bertz CT molecular complexity index is 1480. The van der Waals surface area contributed by atoms with E-state index in [4.69, 9.17) is 11.3 Å². The van der Waals surface area contributed by atoms with E-state index in [1.54, 1.807) is 11.0 Å². The molecule has 3 amide bonds. The minimum absolute atomic E-state index is 0.118. The summed E-state index contributed by atoms with van der Waals surface area (Å²) in [6.07, 6.45) is 1.02. The van der Waals surface area contributed by atoms with Crippen molar-refractivity contribution in [2.45, 2.75) is 45.3 Å². The molecule has 2 fully saturated rings. The molecule has 3 N–H and O–H groups in total. The minimum Gasteiger partial charge on any atom is -0.364 e. The molecule has 1 saturated carbocycles. The van der Waals surface area contributed by atoms with Gasteiger partial charge in [0, 0.05) is 27.8 Å². The van der Waals surface area contributed by atoms with E-state index in [9.17, 15) is 14.4 Å². The second-order valence-corrected chi connectivity index (χ2v) is 11.3. The molecule has 3 aromatic rings. The lowest BCUT2D eigenvalue weighted by molar-refractivity contribution is -0.138. The molecular formula is C22H22BrN9O3S. The van der Waals surface area contributed by atoms with Gasteiger partial charge in [-0.1, -0.05) is 11.2 Å². The van der Waals surface area contributed by atoms with Crippen molar-refractivity contribution in [2.75, 3.05) is 11.9 Å². The van der Waals surface area contributed by atoms with Crippen LogP contribution >= 0.6 is 27.3 Å². The van der Waals surface area contributed by atoms with E-state index in [-0.39, 0.29) is 36.6 Å². The molecule has 0 radical (unpaired) electrons. The highest BCUT2D eigenvalue weighted by molar-refractivity contribution is 9.10. The normalized spacial score (nSPS) is 22.2. The lowest BCUT2D eigenvalue weighted by Crippen LogP contribution is -2.47. The number of hydrogen-bond acceptors (Lipinski definition) is 7. The topological polar surface area (TPSA) is 172 Å². The summed E-state index contributed by atoms with van der Waals surface area (Å²) in [5.41, 5.74) is 15.5. The van der Waals surface area contributed by atoms with Crippen LogP contribution in [0.2, 0.25) is 0 Å². The van der Waals surface area contributed by atoms with E-state index in [2.05, 4.69) is 41.4 Å². The molecule has 0 bridgehead atoms. The smallest absolute Gasteiger partial charge is 0.270 e. The van der Waals surface area contributed by atoms with Crippen LogP contribution in [0.3, 0.4) is 0 Å². The summed E-state index contributed by atoms with van der Waals surface area (Å²) < 4.78 is 2.67. The molecule has 36 heavy (non-hydrogen) atoms. The van der Waals surface area contributed by atoms with Crippen molar-refractivity contribution in [2.24, 2.45) is 16.3 Å². The number of nitrogens with two attached hydrogens (primary N) is 1. The molecule has 3 aromatic heterocycles. The first kappa shape index (κ1) is 24.2. The molecule has 2 aliphatic rings. The zero-order chi connectivity index (χ0) is 25.8. The lowest BCUT2D eigenvalue weighted by Gasteiger charge is -2.27. The van der Waals surface area contributed by atoms with E-state index in [0.29, 0.717) is 33.5 Å². The molecule has 186 valence electrons. The number of fused-ring (bicyclic) bond motifs is 2. The molecule has 1 aliphatic carbocycles. The number of nitrogens with one attached hydrogen (secondary N) is 1. The molecule has 3 atom stereocenters. The predicted octanol–water partition coefficient (Wildman–Crippen LogP) is 3.28. The first-order valence-corrected chi connectivity index (χ1v) is 12.8. The number of thiophene rings is 1. The molecule has 0 spiro atoms. The minimum atomic E-state index is -0.767. The summed E-state index contributed by atoms with van der Waals surface area (Å²) in [6.45, 7) is 3.77. The zero-order valence-electron chi connectivity index (χ0n) is 19.4. The number of amides is 3. The molecule has 0 unspecified atom stereocenters. The molecule has 5 rings (SSSR count). The van der Waals surface area contributed by atoms with Crippen LogP contribution in [0.15, 0.2) is 27.9 Å². The maximum atomic E-state index is 13.6. The Kier molecular flexibility index (Phi) is 5.97. The summed E-state index contributed by atoms with van der Waals surface area (Å²) in [5.74, 6) is -0.943. The van der Waals surface area contributed by atoms with Crippen molar-refractivity contribution >= 4 is 61.0 Å². The number of halogens is 1. The summed E-state index contributed by atoms with van der Waals surface area (Å²) in [6, 6.07) is 4.46. The van der Waals surface area contributed by atoms with Gasteiger partial charge >= 0.3 is 0 Å². The lowest BCUT2D eigenvalue weighted by atomic mass is 9.99. The van der Waals surface area contributed by atoms with Crippen molar-refractivity contribution in [1.29, 1.82) is 0 Å². The molecule has 4 heterocycles. The van der Waals surface area contributed by atoms with E-state index in [1.165, 1.54) is 16.0 Å². The number of piperidine rings is 1. The third-order valence-electron chi connectivity index (χ3n) is 6.83. The number of rotatable bonds is 7. The number of nitrogens with zero attached hydrogens (tertiary/aromatic N) is 7. The predicted molar refractivity (Wildman–Crippen MR) is 136 cm³/mol. The van der Waals surface area contributed by atoms with E-state index in [1.807, 2.05) is 26.0 Å². The van der Waals surface area contributed by atoms with Crippen LogP contribution in [0.25, 0.3) is 20.7 Å². The number of anilines is 1. The largest absolute Gasteiger partial charge is 0.364 e. The number of aryl methyl sites for hydroxylation is 2. The maximum Gasteiger partial charge on any atom is 0.270 e. The second kappa shape index (κ2) is 8.87. The maximum absolute atomic E-state index is 13.6. The van der Waals surface area contributed by atoms with Crippen LogP contribution in [0.5, 0.6) is 0 Å². The fourth-order valence-corrected chi connectivity index (χ4v) is 6.33. The summed E-state index contributed by atoms with van der Waals surface area (Å²) in [4.78, 5) is 48.7. The molecule has 1 aliphatic heterocycles. The van der Waals surface area contributed by atoms with Crippen LogP contribution in [-0.2, 0) is 16.1 Å². The van der Waals surface area contributed by atoms with E-state index >= 15 is 0 Å². The first-order valence-electron chi connectivity index (χ1n) is 11.2. The van der Waals surface area contributed by atoms with Gasteiger partial charge in [-0.25, -0.2) is 4.98 Å². The molecule has 0 aromatic carbocycles. The van der Waals surface area contributed by atoms with Crippen molar-refractivity contribution < 1.29 is 14.4 Å². The van der Waals surface area contributed by atoms with Gasteiger partial charge < -0.3 is 16.0 Å². The van der Waals surface area contributed by atoms with Crippen molar-refractivity contribution in [3.8, 4) is 0 Å². The number of azide groups is 1. The number of aromatic nitrogens is 3. The number of likely N-dealkylation sites (tertiary alicyclic amines) is 1. The molecule has 1 saturated heterocycles. The third-order valence-corrected chi connectivity index (χ3v) is 8.32. The van der Waals surface area contributed by atoms with Crippen LogP contribution in [0.1, 0.15) is 33.8 Å². The van der Waals surface area contributed by atoms with Gasteiger partial charge in [-0.3, -0.25) is 19.1 Å². The molecule has 12 nitrogen and oxygen atoms in total. The Balaban J connectivity index is 1.44. The standard InChI is InChI=1S/C22H22BrN9O3S/c1-10-3-4-15(23)27-20(10)28-21(35)13-6-22(9-26-30-25)7-14(22)32(13)16(33)8-31-12-5-11(2)36-18(12)17(29-31)19(24)34/h3-5,13-14H,6-9H2,1-2H3,(H2,24,34)(H,27,28,35)/t13-,14+,22-/m0/s1. The van der Waals surface area contributed by atoms with E-state index in [0.717, 1.165) is 10.4 Å². The van der Waals surface area contributed by atoms with Crippen LogP contribution < -0.4 is 11.1 Å². The Labute approximate surface area is 217 Å². The van der Waals surface area contributed by atoms with Gasteiger partial charge in [0.05, 0.1) is 10.2 Å². The summed E-state index contributed by atoms with van der Waals surface area (Å²) in [7, 11) is 0. The summed E-state index contributed by atoms with van der Waals surface area (Å²) in [5, 5.41) is 10.9. The Hall–Kier alpha value is -3.48. The van der Waals surface area contributed by atoms with Crippen LogP contribution in [0.4, 0.5) is 5.82 Å². The fraction of sp³-hybridized carbons (Fsp3) is 0.409. The van der Waals surface area contributed by atoms with Gasteiger partial charge in [-0.15, -0.1) is 11.3 Å². The number of primary amides is 1. The highest BCUT2D eigenvalue weighted by atomic mass is 79.9. The van der Waals surface area contributed by atoms with Gasteiger partial charge in [0.25, 0.3) is 5.91 Å². The SMILES string of the molecule is Cc1cc2c(s1)c(C(N)=O)nn2CC(=O)N1[C@H](C(=O)Nc2nc(Br)ccc2C)C[C@@]2(CN=[N+]=[N-])C[C@@H]12. The monoisotopic (exact) mass is 571 g/mol. The van der Waals surface area contributed by atoms with Crippen LogP contribution in [-0.4, -0.2) is 56.0 Å². The molecule has 14 heteroatoms. The number of carbonyl (C=O) groups excluding carboxylic acids is 3. The Morgan fingerprint density at radius 3 is 2.86 bits per heavy atom. The van der Waals surface area contributed by atoms with Gasteiger partial charge in [-0.2, -0.15) is 5.10 Å². The number of hydrogen-bond donors (Lipinski definition) is 2. The van der Waals surface area contributed by atoms with Crippen molar-refractivity contribution in [3.63, 3.8) is 0 Å². The fourth-order valence-electron chi connectivity index (χ4n) is 5.02. The Morgan fingerprint density at radius 1 is 1.36 bits per heavy atom. The molecular weight excluding hydrogens is 550 g/mol. The van der Waals surface area contributed by atoms with E-state index < -0.39 is 17.4 Å². The van der Waals surface area contributed by atoms with Gasteiger partial charge in [0.1, 0.15) is 23.0 Å². The van der Waals surface area contributed by atoms with Crippen molar-refractivity contribution in [3.05, 3.63) is 49.4 Å². The average Bonchev–Trinajstić information content (AvgIpc) is 3.07. The first-order chi connectivity index (χ1) is 17.1. The van der Waals surface area contributed by atoms with Crippen molar-refractivity contribution in [1.82, 2.24) is 19.7 Å². The van der Waals surface area contributed by atoms with Crippen LogP contribution in [0, 0.1) is 19.3 Å². The quantitative estimate of drug-likeness (QED) is 0.191. The highest BCUT2D eigenvalue weighted by Crippen LogP contribution is 2.60. The highest BCUT2D eigenvalue weighted by Gasteiger charge is 2.66. The summed E-state index contributed by atoms with van der Waals surface area (Å²) >= 11 is 4.70. The van der Waals surface area contributed by atoms with Gasteiger partial charge in [-0.05, 0) is 65.8 Å². The zero-order valence-corrected chi connectivity index (χ0v) is 21.8. The number of pyridine rings is 1. The Morgan fingerprint density at radius 2 is 2.14 bits per heavy atom. The second-order valence-electron chi connectivity index (χ2n) is 9.22. The average molecular weight is 572 g/mol.